The summed E-state index contributed by atoms with van der Waals surface area (Å²) in [6, 6.07) is 1.56. The molecule has 0 bridgehead atoms. The number of nitrogens with zero attached hydrogens (tertiary/aromatic N) is 2. The smallest absolute Gasteiger partial charge is 0.255 e. The molecule has 0 atom stereocenters. The topological polar surface area (TPSA) is 93.4 Å². The van der Waals surface area contributed by atoms with E-state index in [1.54, 1.807) is 13.1 Å². The molecular weight excluding hydrogens is 278 g/mol. The van der Waals surface area contributed by atoms with Gasteiger partial charge in [0.25, 0.3) is 5.91 Å². The predicted molar refractivity (Wildman–Crippen MR) is 76.8 cm³/mol. The van der Waals surface area contributed by atoms with Crippen LogP contribution < -0.4 is 5.73 Å². The van der Waals surface area contributed by atoms with Gasteiger partial charge in [-0.3, -0.25) is 9.78 Å². The summed E-state index contributed by atoms with van der Waals surface area (Å²) in [6.07, 6.45) is 4.11. The van der Waals surface area contributed by atoms with Crippen LogP contribution in [-0.2, 0) is 9.84 Å². The second-order valence-corrected chi connectivity index (χ2v) is 6.54. The van der Waals surface area contributed by atoms with Crippen molar-refractivity contribution in [1.29, 1.82) is 0 Å². The highest BCUT2D eigenvalue weighted by Crippen LogP contribution is 2.08. The fourth-order valence-electron chi connectivity index (χ4n) is 1.44. The number of carbonyl (C=O) groups is 1. The van der Waals surface area contributed by atoms with Crippen molar-refractivity contribution in [3.63, 3.8) is 0 Å². The third kappa shape index (κ3) is 4.99. The summed E-state index contributed by atoms with van der Waals surface area (Å²) in [5.41, 5.74) is 6.17. The zero-order valence-electron chi connectivity index (χ0n) is 11.5. The highest BCUT2D eigenvalue weighted by molar-refractivity contribution is 7.90. The Balaban J connectivity index is 2.92. The van der Waals surface area contributed by atoms with Crippen LogP contribution >= 0.6 is 0 Å². The lowest BCUT2D eigenvalue weighted by Crippen LogP contribution is -2.31. The molecule has 0 saturated carbocycles. The first-order valence-electron chi connectivity index (χ1n) is 5.91. The molecular formula is C13H17N3O3S. The Hall–Kier alpha value is -1.91. The largest absolute Gasteiger partial charge is 0.341 e. The summed E-state index contributed by atoms with van der Waals surface area (Å²) in [7, 11) is -1.56. The number of nitrogens with two attached hydrogens (primary N) is 1. The lowest BCUT2D eigenvalue weighted by Gasteiger charge is -2.17. The Morgan fingerprint density at radius 3 is 2.80 bits per heavy atom. The van der Waals surface area contributed by atoms with Gasteiger partial charge in [0.2, 0.25) is 0 Å². The van der Waals surface area contributed by atoms with Crippen LogP contribution in [0, 0.1) is 11.8 Å². The minimum atomic E-state index is -3.11. The minimum Gasteiger partial charge on any atom is -0.341 e. The highest BCUT2D eigenvalue weighted by Gasteiger charge is 2.16. The number of aromatic nitrogens is 1. The van der Waals surface area contributed by atoms with Crippen LogP contribution in [0.25, 0.3) is 0 Å². The fourth-order valence-corrected chi connectivity index (χ4v) is 2.04. The lowest BCUT2D eigenvalue weighted by atomic mass is 10.1. The van der Waals surface area contributed by atoms with Gasteiger partial charge in [-0.2, -0.15) is 0 Å². The normalized spacial score (nSPS) is 10.6. The van der Waals surface area contributed by atoms with Gasteiger partial charge in [0.1, 0.15) is 9.84 Å². The summed E-state index contributed by atoms with van der Waals surface area (Å²) < 4.78 is 22.2. The van der Waals surface area contributed by atoms with Crippen LogP contribution in [0.3, 0.4) is 0 Å². The molecule has 1 aromatic heterocycles. The first-order valence-corrected chi connectivity index (χ1v) is 7.97. The summed E-state index contributed by atoms with van der Waals surface area (Å²) in [5, 5.41) is 0. The van der Waals surface area contributed by atoms with Crippen LogP contribution in [0.15, 0.2) is 18.5 Å². The summed E-state index contributed by atoms with van der Waals surface area (Å²) in [6.45, 7) is 0.316. The van der Waals surface area contributed by atoms with Crippen molar-refractivity contribution in [2.45, 2.75) is 0 Å². The van der Waals surface area contributed by atoms with E-state index in [4.69, 9.17) is 5.73 Å². The summed E-state index contributed by atoms with van der Waals surface area (Å²) in [4.78, 5) is 17.5. The van der Waals surface area contributed by atoms with Gasteiger partial charge >= 0.3 is 0 Å². The fraction of sp³-hybridized carbons (Fsp3) is 0.385. The van der Waals surface area contributed by atoms with Crippen LogP contribution in [0.4, 0.5) is 0 Å². The van der Waals surface area contributed by atoms with Gasteiger partial charge in [0.15, 0.2) is 0 Å². The predicted octanol–water partition coefficient (Wildman–Crippen LogP) is -0.492. The summed E-state index contributed by atoms with van der Waals surface area (Å²) >= 11 is 0. The highest BCUT2D eigenvalue weighted by atomic mass is 32.2. The van der Waals surface area contributed by atoms with Crippen LogP contribution in [-0.4, -0.2) is 56.4 Å². The van der Waals surface area contributed by atoms with Gasteiger partial charge in [0, 0.05) is 32.2 Å². The van der Waals surface area contributed by atoms with Gasteiger partial charge in [0.05, 0.1) is 23.4 Å². The maximum Gasteiger partial charge on any atom is 0.255 e. The SMILES string of the molecule is CN(CCS(C)(=O)=O)C(=O)c1ccncc1C#CCN. The van der Waals surface area contributed by atoms with Crippen molar-refractivity contribution in [2.24, 2.45) is 5.73 Å². The Morgan fingerprint density at radius 2 is 2.20 bits per heavy atom. The van der Waals surface area contributed by atoms with Crippen LogP contribution in [0.2, 0.25) is 0 Å². The molecule has 0 spiro atoms. The average molecular weight is 295 g/mol. The van der Waals surface area contributed by atoms with Crippen molar-refractivity contribution in [1.82, 2.24) is 9.88 Å². The minimum absolute atomic E-state index is 0.0792. The third-order valence-electron chi connectivity index (χ3n) is 2.52. The molecule has 1 aromatic rings. The molecule has 7 heteroatoms. The monoisotopic (exact) mass is 295 g/mol. The zero-order chi connectivity index (χ0) is 15.2. The average Bonchev–Trinajstić information content (AvgIpc) is 2.41. The van der Waals surface area contributed by atoms with E-state index in [0.29, 0.717) is 11.1 Å². The lowest BCUT2D eigenvalue weighted by molar-refractivity contribution is 0.0803. The van der Waals surface area contributed by atoms with Gasteiger partial charge in [-0.25, -0.2) is 8.42 Å². The Bertz CT molecular complexity index is 644. The van der Waals surface area contributed by atoms with E-state index < -0.39 is 9.84 Å². The van der Waals surface area contributed by atoms with Gasteiger partial charge in [-0.15, -0.1) is 0 Å². The summed E-state index contributed by atoms with van der Waals surface area (Å²) in [5.74, 6) is 5.07. The number of carbonyl (C=O) groups excluding carboxylic acids is 1. The molecule has 20 heavy (non-hydrogen) atoms. The maximum absolute atomic E-state index is 12.2. The van der Waals surface area contributed by atoms with Crippen molar-refractivity contribution in [3.05, 3.63) is 29.6 Å². The van der Waals surface area contributed by atoms with E-state index in [2.05, 4.69) is 16.8 Å². The van der Waals surface area contributed by atoms with Crippen molar-refractivity contribution >= 4 is 15.7 Å². The molecule has 2 N–H and O–H groups in total. The van der Waals surface area contributed by atoms with E-state index in [1.807, 2.05) is 0 Å². The molecule has 6 nitrogen and oxygen atoms in total. The van der Waals surface area contributed by atoms with Gasteiger partial charge in [-0.1, -0.05) is 11.8 Å². The molecule has 0 radical (unpaired) electrons. The number of hydrogen-bond acceptors (Lipinski definition) is 5. The van der Waals surface area contributed by atoms with Crippen molar-refractivity contribution < 1.29 is 13.2 Å². The van der Waals surface area contributed by atoms with Gasteiger partial charge in [-0.05, 0) is 6.07 Å². The van der Waals surface area contributed by atoms with Crippen molar-refractivity contribution in [2.75, 3.05) is 32.1 Å². The molecule has 0 aromatic carbocycles. The van der Waals surface area contributed by atoms with Crippen LogP contribution in [0.1, 0.15) is 15.9 Å². The third-order valence-corrected chi connectivity index (χ3v) is 3.44. The molecule has 0 fully saturated rings. The molecule has 1 heterocycles. The maximum atomic E-state index is 12.2. The van der Waals surface area contributed by atoms with E-state index in [1.165, 1.54) is 17.3 Å². The molecule has 0 unspecified atom stereocenters. The van der Waals surface area contributed by atoms with E-state index in [0.717, 1.165) is 6.26 Å². The molecule has 0 saturated heterocycles. The number of sulfone groups is 1. The van der Waals surface area contributed by atoms with E-state index in [-0.39, 0.29) is 24.7 Å². The Kier molecular flexibility index (Phi) is 5.67. The second-order valence-electron chi connectivity index (χ2n) is 4.28. The Labute approximate surface area is 118 Å². The number of hydrogen-bond donors (Lipinski definition) is 1. The number of rotatable bonds is 4. The van der Waals surface area contributed by atoms with E-state index >= 15 is 0 Å². The molecule has 0 aliphatic heterocycles. The van der Waals surface area contributed by atoms with Crippen molar-refractivity contribution in [3.8, 4) is 11.8 Å². The first kappa shape index (κ1) is 16.1. The molecule has 0 aliphatic carbocycles. The second kappa shape index (κ2) is 7.03. The molecule has 108 valence electrons. The molecule has 1 amide bonds. The quantitative estimate of drug-likeness (QED) is 0.756. The zero-order valence-corrected chi connectivity index (χ0v) is 12.3. The Morgan fingerprint density at radius 1 is 1.50 bits per heavy atom. The molecule has 1 rings (SSSR count). The number of pyridine rings is 1. The van der Waals surface area contributed by atoms with Gasteiger partial charge < -0.3 is 10.6 Å². The standard InChI is InChI=1S/C13H17N3O3S/c1-16(8-9-20(2,18)19)13(17)12-5-7-15-10-11(12)4-3-6-14/h5,7,10H,6,8-9,14H2,1-2H3. The first-order chi connectivity index (χ1) is 9.35. The van der Waals surface area contributed by atoms with Crippen LogP contribution in [0.5, 0.6) is 0 Å². The molecule has 0 aliphatic rings. The van der Waals surface area contributed by atoms with E-state index in [9.17, 15) is 13.2 Å². The number of amides is 1.